The maximum absolute atomic E-state index is 12.7. The number of hydrogen-bond donors (Lipinski definition) is 1. The Morgan fingerprint density at radius 3 is 2.44 bits per heavy atom. The van der Waals surface area contributed by atoms with Crippen LogP contribution >= 0.6 is 0 Å². The van der Waals surface area contributed by atoms with Gasteiger partial charge in [0.1, 0.15) is 0 Å². The molecule has 0 saturated carbocycles. The number of aromatic nitrogens is 2. The molecule has 2 aromatic carbocycles. The first-order chi connectivity index (χ1) is 15.6. The van der Waals surface area contributed by atoms with Crippen molar-refractivity contribution in [1.82, 2.24) is 15.3 Å². The number of anilines is 1. The molecule has 2 heterocycles. The van der Waals surface area contributed by atoms with Gasteiger partial charge in [-0.2, -0.15) is 0 Å². The van der Waals surface area contributed by atoms with Gasteiger partial charge in [0.25, 0.3) is 0 Å². The third kappa shape index (κ3) is 5.72. The molecule has 1 atom stereocenters. The highest BCUT2D eigenvalue weighted by Gasteiger charge is 2.26. The largest absolute Gasteiger partial charge is 0.353 e. The second kappa shape index (κ2) is 10.4. The normalized spacial score (nSPS) is 15.4. The van der Waals surface area contributed by atoms with E-state index in [1.807, 2.05) is 18.5 Å². The standard InChI is InChI=1S/C27H32N4O/c1-20-7-6-10-24(17-20)25-18-28-27(29-19-25)31-15-13-23(14-16-31)26(32)30-21(2)11-12-22-8-4-3-5-9-22/h3-10,17-19,21,23H,11-16H2,1-2H3,(H,30,32). The maximum atomic E-state index is 12.7. The second-order valence-corrected chi connectivity index (χ2v) is 8.84. The van der Waals surface area contributed by atoms with E-state index in [0.717, 1.165) is 55.8 Å². The van der Waals surface area contributed by atoms with Crippen LogP contribution in [0.15, 0.2) is 67.0 Å². The fourth-order valence-corrected chi connectivity index (χ4v) is 4.26. The SMILES string of the molecule is Cc1cccc(-c2cnc(N3CCC(C(=O)NC(C)CCc4ccccc4)CC3)nc2)c1. The molecular formula is C27H32N4O. The van der Waals surface area contributed by atoms with Crippen molar-refractivity contribution in [3.63, 3.8) is 0 Å². The molecule has 32 heavy (non-hydrogen) atoms. The topological polar surface area (TPSA) is 58.1 Å². The zero-order valence-corrected chi connectivity index (χ0v) is 19.0. The van der Waals surface area contributed by atoms with Crippen LogP contribution < -0.4 is 10.2 Å². The Kier molecular flexibility index (Phi) is 7.15. The van der Waals surface area contributed by atoms with Gasteiger partial charge in [-0.3, -0.25) is 4.79 Å². The minimum atomic E-state index is 0.0667. The molecule has 1 fully saturated rings. The molecular weight excluding hydrogens is 396 g/mol. The summed E-state index contributed by atoms with van der Waals surface area (Å²) in [5.41, 5.74) is 4.70. The predicted molar refractivity (Wildman–Crippen MR) is 130 cm³/mol. The zero-order chi connectivity index (χ0) is 22.3. The van der Waals surface area contributed by atoms with Gasteiger partial charge >= 0.3 is 0 Å². The smallest absolute Gasteiger partial charge is 0.225 e. The van der Waals surface area contributed by atoms with Gasteiger partial charge < -0.3 is 10.2 Å². The highest BCUT2D eigenvalue weighted by atomic mass is 16.1. The van der Waals surface area contributed by atoms with E-state index < -0.39 is 0 Å². The number of aryl methyl sites for hydroxylation is 2. The number of amides is 1. The molecule has 1 saturated heterocycles. The van der Waals surface area contributed by atoms with Crippen LogP contribution in [0.3, 0.4) is 0 Å². The summed E-state index contributed by atoms with van der Waals surface area (Å²) in [6.45, 7) is 5.79. The van der Waals surface area contributed by atoms with Crippen LogP contribution in [0.5, 0.6) is 0 Å². The predicted octanol–water partition coefficient (Wildman–Crippen LogP) is 4.81. The summed E-state index contributed by atoms with van der Waals surface area (Å²) in [7, 11) is 0. The van der Waals surface area contributed by atoms with Crippen molar-refractivity contribution >= 4 is 11.9 Å². The zero-order valence-electron chi connectivity index (χ0n) is 19.0. The van der Waals surface area contributed by atoms with Gasteiger partial charge in [0, 0.05) is 43.0 Å². The molecule has 0 radical (unpaired) electrons. The van der Waals surface area contributed by atoms with E-state index in [2.05, 4.69) is 82.6 Å². The van der Waals surface area contributed by atoms with Crippen LogP contribution in [-0.2, 0) is 11.2 Å². The lowest BCUT2D eigenvalue weighted by Gasteiger charge is -2.32. The molecule has 0 bridgehead atoms. The van der Waals surface area contributed by atoms with Crippen molar-refractivity contribution in [3.8, 4) is 11.1 Å². The van der Waals surface area contributed by atoms with Gasteiger partial charge in [0.05, 0.1) is 0 Å². The molecule has 0 spiro atoms. The number of carbonyl (C=O) groups is 1. The van der Waals surface area contributed by atoms with Gasteiger partial charge in [-0.1, -0.05) is 60.2 Å². The molecule has 5 nitrogen and oxygen atoms in total. The van der Waals surface area contributed by atoms with Crippen LogP contribution in [0.4, 0.5) is 5.95 Å². The minimum absolute atomic E-state index is 0.0667. The summed E-state index contributed by atoms with van der Waals surface area (Å²) in [5.74, 6) is 0.995. The summed E-state index contributed by atoms with van der Waals surface area (Å²) in [6, 6.07) is 19.0. The summed E-state index contributed by atoms with van der Waals surface area (Å²) in [4.78, 5) is 24.1. The van der Waals surface area contributed by atoms with Gasteiger partial charge in [0.2, 0.25) is 11.9 Å². The lowest BCUT2D eigenvalue weighted by atomic mass is 9.95. The fourth-order valence-electron chi connectivity index (χ4n) is 4.26. The monoisotopic (exact) mass is 428 g/mol. The summed E-state index contributed by atoms with van der Waals surface area (Å²) >= 11 is 0. The molecule has 1 aromatic heterocycles. The molecule has 0 aliphatic carbocycles. The van der Waals surface area contributed by atoms with E-state index in [1.54, 1.807) is 0 Å². The first-order valence-corrected chi connectivity index (χ1v) is 11.6. The first-order valence-electron chi connectivity index (χ1n) is 11.6. The Morgan fingerprint density at radius 2 is 1.75 bits per heavy atom. The first kappa shape index (κ1) is 22.0. The summed E-state index contributed by atoms with van der Waals surface area (Å²) in [6.07, 6.45) is 7.39. The van der Waals surface area contributed by atoms with Crippen LogP contribution in [0.25, 0.3) is 11.1 Å². The van der Waals surface area contributed by atoms with Gasteiger partial charge in [-0.05, 0) is 50.7 Å². The molecule has 1 unspecified atom stereocenters. The van der Waals surface area contributed by atoms with E-state index >= 15 is 0 Å². The molecule has 1 N–H and O–H groups in total. The second-order valence-electron chi connectivity index (χ2n) is 8.84. The van der Waals surface area contributed by atoms with E-state index in [1.165, 1.54) is 11.1 Å². The Labute approximate surface area is 190 Å². The van der Waals surface area contributed by atoms with Crippen molar-refractivity contribution in [2.75, 3.05) is 18.0 Å². The minimum Gasteiger partial charge on any atom is -0.353 e. The number of benzene rings is 2. The van der Waals surface area contributed by atoms with Crippen LogP contribution in [0.1, 0.15) is 37.3 Å². The Bertz CT molecular complexity index is 1010. The highest BCUT2D eigenvalue weighted by molar-refractivity contribution is 5.79. The Balaban J connectivity index is 1.25. The molecule has 1 amide bonds. The third-order valence-corrected chi connectivity index (χ3v) is 6.24. The van der Waals surface area contributed by atoms with E-state index in [9.17, 15) is 4.79 Å². The molecule has 3 aromatic rings. The molecule has 1 aliphatic heterocycles. The van der Waals surface area contributed by atoms with Gasteiger partial charge in [-0.15, -0.1) is 0 Å². The fraction of sp³-hybridized carbons (Fsp3) is 0.370. The lowest BCUT2D eigenvalue weighted by Crippen LogP contribution is -2.43. The molecule has 1 aliphatic rings. The number of piperidine rings is 1. The van der Waals surface area contributed by atoms with Crippen LogP contribution in [0, 0.1) is 12.8 Å². The summed E-state index contributed by atoms with van der Waals surface area (Å²) < 4.78 is 0. The van der Waals surface area contributed by atoms with Crippen LogP contribution in [0.2, 0.25) is 0 Å². The molecule has 5 heteroatoms. The van der Waals surface area contributed by atoms with Gasteiger partial charge in [0.15, 0.2) is 0 Å². The number of rotatable bonds is 7. The van der Waals surface area contributed by atoms with Crippen molar-refractivity contribution in [2.24, 2.45) is 5.92 Å². The quantitative estimate of drug-likeness (QED) is 0.587. The van der Waals surface area contributed by atoms with Crippen molar-refractivity contribution < 1.29 is 4.79 Å². The maximum Gasteiger partial charge on any atom is 0.225 e. The summed E-state index contributed by atoms with van der Waals surface area (Å²) in [5, 5.41) is 3.22. The number of carbonyl (C=O) groups excluding carboxylic acids is 1. The highest BCUT2D eigenvalue weighted by Crippen LogP contribution is 2.23. The third-order valence-electron chi connectivity index (χ3n) is 6.24. The van der Waals surface area contributed by atoms with Crippen molar-refractivity contribution in [2.45, 2.75) is 45.6 Å². The van der Waals surface area contributed by atoms with Crippen molar-refractivity contribution in [3.05, 3.63) is 78.1 Å². The number of nitrogens with zero attached hydrogens (tertiary/aromatic N) is 3. The average Bonchev–Trinajstić information content (AvgIpc) is 2.83. The van der Waals surface area contributed by atoms with E-state index in [4.69, 9.17) is 0 Å². The number of nitrogens with one attached hydrogen (secondary N) is 1. The van der Waals surface area contributed by atoms with E-state index in [-0.39, 0.29) is 17.9 Å². The van der Waals surface area contributed by atoms with Gasteiger partial charge in [-0.25, -0.2) is 9.97 Å². The Hall–Kier alpha value is -3.21. The number of hydrogen-bond acceptors (Lipinski definition) is 4. The van der Waals surface area contributed by atoms with Crippen molar-refractivity contribution in [1.29, 1.82) is 0 Å². The molecule has 166 valence electrons. The van der Waals surface area contributed by atoms with E-state index in [0.29, 0.717) is 0 Å². The lowest BCUT2D eigenvalue weighted by molar-refractivity contribution is -0.126. The average molecular weight is 429 g/mol. The van der Waals surface area contributed by atoms with Crippen LogP contribution in [-0.4, -0.2) is 35.0 Å². The molecule has 4 rings (SSSR count). The Morgan fingerprint density at radius 1 is 1.03 bits per heavy atom.